The molecule has 0 fully saturated rings. The third kappa shape index (κ3) is 5.51. The molecule has 0 radical (unpaired) electrons. The fraction of sp³-hybridized carbons (Fsp3) is 0.438. The predicted molar refractivity (Wildman–Crippen MR) is 101 cm³/mol. The van der Waals surface area contributed by atoms with Crippen LogP contribution in [0.4, 0.5) is 5.13 Å². The van der Waals surface area contributed by atoms with Crippen LogP contribution in [0.15, 0.2) is 33.5 Å². The minimum absolute atomic E-state index is 0.125. The van der Waals surface area contributed by atoms with Crippen LogP contribution in [0.1, 0.15) is 44.0 Å². The van der Waals surface area contributed by atoms with Crippen molar-refractivity contribution in [3.8, 4) is 0 Å². The molecule has 0 aliphatic rings. The molecule has 0 saturated carbocycles. The monoisotopic (exact) mass is 367 g/mol. The van der Waals surface area contributed by atoms with Crippen molar-refractivity contribution in [2.75, 3.05) is 11.1 Å². The van der Waals surface area contributed by atoms with E-state index in [0.29, 0.717) is 15.9 Å². The van der Waals surface area contributed by atoms with Crippen LogP contribution >= 0.6 is 34.9 Å². The molecule has 1 aromatic heterocycles. The summed E-state index contributed by atoms with van der Waals surface area (Å²) < 4.78 is 0.892. The van der Waals surface area contributed by atoms with Crippen molar-refractivity contribution in [2.24, 2.45) is 0 Å². The van der Waals surface area contributed by atoms with E-state index in [1.807, 2.05) is 24.3 Å². The molecule has 124 valence electrons. The highest BCUT2D eigenvalue weighted by Crippen LogP contribution is 2.30. The van der Waals surface area contributed by atoms with Crippen LogP contribution in [0.2, 0.25) is 0 Å². The van der Waals surface area contributed by atoms with E-state index < -0.39 is 0 Å². The molecule has 2 aromatic rings. The molecule has 0 aliphatic carbocycles. The van der Waals surface area contributed by atoms with Crippen LogP contribution in [-0.2, 0) is 0 Å². The number of hydrogen-bond acceptors (Lipinski definition) is 6. The zero-order valence-corrected chi connectivity index (χ0v) is 16.0. The van der Waals surface area contributed by atoms with Crippen molar-refractivity contribution in [2.45, 2.75) is 48.1 Å². The Labute approximate surface area is 149 Å². The highest BCUT2D eigenvalue weighted by molar-refractivity contribution is 8.01. The molecule has 2 rings (SSSR count). The molecule has 23 heavy (non-hydrogen) atoms. The number of carbonyl (C=O) groups is 1. The van der Waals surface area contributed by atoms with E-state index in [2.05, 4.69) is 36.3 Å². The van der Waals surface area contributed by atoms with Gasteiger partial charge < -0.3 is 0 Å². The maximum atomic E-state index is 12.5. The van der Waals surface area contributed by atoms with Crippen molar-refractivity contribution in [1.29, 1.82) is 0 Å². The Bertz CT molecular complexity index is 645. The largest absolute Gasteiger partial charge is 0.296 e. The molecular formula is C16H21N3OS3. The maximum absolute atomic E-state index is 12.5. The molecule has 1 unspecified atom stereocenters. The Morgan fingerprint density at radius 3 is 2.83 bits per heavy atom. The van der Waals surface area contributed by atoms with E-state index in [9.17, 15) is 4.79 Å². The summed E-state index contributed by atoms with van der Waals surface area (Å²) in [6.45, 7) is 6.44. The van der Waals surface area contributed by atoms with Crippen LogP contribution in [0.5, 0.6) is 0 Å². The van der Waals surface area contributed by atoms with Gasteiger partial charge in [0.15, 0.2) is 4.34 Å². The molecule has 1 aromatic carbocycles. The predicted octanol–water partition coefficient (Wildman–Crippen LogP) is 5.18. The number of nitrogens with one attached hydrogen (secondary N) is 1. The van der Waals surface area contributed by atoms with Gasteiger partial charge in [0.1, 0.15) is 0 Å². The lowest BCUT2D eigenvalue weighted by Crippen LogP contribution is -2.12. The summed E-state index contributed by atoms with van der Waals surface area (Å²) in [6.07, 6.45) is 2.15. The SMILES string of the molecule is CCCSc1ccccc1C(=O)Nc1nnc(SC(C)CC)s1. The molecule has 7 heteroatoms. The minimum Gasteiger partial charge on any atom is -0.296 e. The Morgan fingerprint density at radius 1 is 1.30 bits per heavy atom. The number of benzene rings is 1. The van der Waals surface area contributed by atoms with Crippen LogP contribution in [-0.4, -0.2) is 27.1 Å². The first-order valence-electron chi connectivity index (χ1n) is 7.67. The molecule has 1 heterocycles. The molecule has 1 atom stereocenters. The van der Waals surface area contributed by atoms with Crippen LogP contribution in [0, 0.1) is 0 Å². The number of thioether (sulfide) groups is 2. The molecule has 0 spiro atoms. The van der Waals surface area contributed by atoms with Crippen molar-refractivity contribution < 1.29 is 4.79 Å². The lowest BCUT2D eigenvalue weighted by atomic mass is 10.2. The van der Waals surface area contributed by atoms with Crippen LogP contribution in [0.25, 0.3) is 0 Å². The first-order valence-corrected chi connectivity index (χ1v) is 10.4. The Morgan fingerprint density at radius 2 is 2.09 bits per heavy atom. The third-order valence-corrected chi connectivity index (χ3v) is 6.57. The van der Waals surface area contributed by atoms with Crippen molar-refractivity contribution in [1.82, 2.24) is 10.2 Å². The second-order valence-corrected chi connectivity index (χ2v) is 8.81. The average Bonchev–Trinajstić information content (AvgIpc) is 2.99. The van der Waals surface area contributed by atoms with Gasteiger partial charge in [-0.2, -0.15) is 0 Å². The van der Waals surface area contributed by atoms with E-state index in [-0.39, 0.29) is 5.91 Å². The topological polar surface area (TPSA) is 54.9 Å². The molecule has 4 nitrogen and oxygen atoms in total. The molecule has 0 bridgehead atoms. The second kappa shape index (κ2) is 9.30. The average molecular weight is 368 g/mol. The summed E-state index contributed by atoms with van der Waals surface area (Å²) in [7, 11) is 0. The Balaban J connectivity index is 2.04. The molecule has 1 amide bonds. The highest BCUT2D eigenvalue weighted by atomic mass is 32.2. The summed E-state index contributed by atoms with van der Waals surface area (Å²) in [5.74, 6) is 0.874. The van der Waals surface area contributed by atoms with Gasteiger partial charge in [-0.05, 0) is 30.7 Å². The number of nitrogens with zero attached hydrogens (tertiary/aromatic N) is 2. The zero-order chi connectivity index (χ0) is 16.7. The summed E-state index contributed by atoms with van der Waals surface area (Å²) in [5.41, 5.74) is 0.692. The van der Waals surface area contributed by atoms with Gasteiger partial charge in [-0.3, -0.25) is 10.1 Å². The standard InChI is InChI=1S/C16H21N3OS3/c1-4-10-21-13-9-7-6-8-12(13)14(20)17-15-18-19-16(23-15)22-11(3)5-2/h6-9,11H,4-5,10H2,1-3H3,(H,17,18,20). The summed E-state index contributed by atoms with van der Waals surface area (Å²) in [6, 6.07) is 7.68. The maximum Gasteiger partial charge on any atom is 0.258 e. The molecule has 0 saturated heterocycles. The van der Waals surface area contributed by atoms with Crippen molar-refractivity contribution >= 4 is 45.9 Å². The lowest BCUT2D eigenvalue weighted by Gasteiger charge is -2.07. The first kappa shape index (κ1) is 18.3. The number of amides is 1. The highest BCUT2D eigenvalue weighted by Gasteiger charge is 2.14. The summed E-state index contributed by atoms with van der Waals surface area (Å²) in [5, 5.41) is 12.1. The van der Waals surface area contributed by atoms with Gasteiger partial charge >= 0.3 is 0 Å². The molecule has 1 N–H and O–H groups in total. The molecular weight excluding hydrogens is 346 g/mol. The number of aromatic nitrogens is 2. The van der Waals surface area contributed by atoms with E-state index in [0.717, 1.165) is 27.8 Å². The number of rotatable bonds is 8. The summed E-state index contributed by atoms with van der Waals surface area (Å²) >= 11 is 4.82. The minimum atomic E-state index is -0.125. The van der Waals surface area contributed by atoms with Gasteiger partial charge in [-0.15, -0.1) is 22.0 Å². The van der Waals surface area contributed by atoms with Gasteiger partial charge in [0.2, 0.25) is 5.13 Å². The van der Waals surface area contributed by atoms with Gasteiger partial charge in [-0.25, -0.2) is 0 Å². The Hall–Kier alpha value is -1.05. The van der Waals surface area contributed by atoms with E-state index in [1.54, 1.807) is 23.5 Å². The normalized spacial score (nSPS) is 12.1. The third-order valence-electron chi connectivity index (χ3n) is 3.10. The van der Waals surface area contributed by atoms with Crippen LogP contribution in [0.3, 0.4) is 0 Å². The fourth-order valence-electron chi connectivity index (χ4n) is 1.72. The Kier molecular flexibility index (Phi) is 7.39. The van der Waals surface area contributed by atoms with Gasteiger partial charge in [-0.1, -0.05) is 56.0 Å². The van der Waals surface area contributed by atoms with Crippen molar-refractivity contribution in [3.05, 3.63) is 29.8 Å². The van der Waals surface area contributed by atoms with E-state index in [4.69, 9.17) is 0 Å². The number of anilines is 1. The van der Waals surface area contributed by atoms with Crippen molar-refractivity contribution in [3.63, 3.8) is 0 Å². The van der Waals surface area contributed by atoms with E-state index >= 15 is 0 Å². The summed E-state index contributed by atoms with van der Waals surface area (Å²) in [4.78, 5) is 13.5. The second-order valence-electron chi connectivity index (χ2n) is 5.01. The van der Waals surface area contributed by atoms with Gasteiger partial charge in [0.05, 0.1) is 5.56 Å². The van der Waals surface area contributed by atoms with Gasteiger partial charge in [0, 0.05) is 10.1 Å². The fourth-order valence-corrected chi connectivity index (χ4v) is 4.63. The smallest absolute Gasteiger partial charge is 0.258 e. The van der Waals surface area contributed by atoms with Gasteiger partial charge in [0.25, 0.3) is 5.91 Å². The number of carbonyl (C=O) groups excluding carboxylic acids is 1. The zero-order valence-electron chi connectivity index (χ0n) is 13.5. The lowest BCUT2D eigenvalue weighted by molar-refractivity contribution is 0.102. The quantitative estimate of drug-likeness (QED) is 0.514. The first-order chi connectivity index (χ1) is 11.1. The molecule has 0 aliphatic heterocycles. The number of hydrogen-bond donors (Lipinski definition) is 1. The van der Waals surface area contributed by atoms with E-state index in [1.165, 1.54) is 11.3 Å². The van der Waals surface area contributed by atoms with Crippen LogP contribution < -0.4 is 5.32 Å².